The van der Waals surface area contributed by atoms with Crippen molar-refractivity contribution in [1.82, 2.24) is 0 Å². The van der Waals surface area contributed by atoms with Gasteiger partial charge in [-0.1, -0.05) is 67.5 Å². The molecule has 2 N–H and O–H groups in total. The summed E-state index contributed by atoms with van der Waals surface area (Å²) in [7, 11) is 1.54. The first-order chi connectivity index (χ1) is 19.9. The third-order valence-electron chi connectivity index (χ3n) is 7.17. The van der Waals surface area contributed by atoms with Crippen molar-refractivity contribution in [2.45, 2.75) is 56.8 Å². The number of hydrogen-bond donors (Lipinski definition) is 2. The molecule has 224 valence electrons. The van der Waals surface area contributed by atoms with E-state index >= 15 is 0 Å². The summed E-state index contributed by atoms with van der Waals surface area (Å²) in [5.41, 5.74) is 5.41. The highest BCUT2D eigenvalue weighted by molar-refractivity contribution is 6.13. The molecule has 1 aliphatic heterocycles. The minimum Gasteiger partial charge on any atom is -0.494 e. The van der Waals surface area contributed by atoms with E-state index in [4.69, 9.17) is 9.57 Å². The van der Waals surface area contributed by atoms with Gasteiger partial charge in [0.2, 0.25) is 0 Å². The lowest BCUT2D eigenvalue weighted by molar-refractivity contribution is -0.192. The number of nitrogens with zero attached hydrogens (tertiary/aromatic N) is 1. The number of oxime groups is 1. The van der Waals surface area contributed by atoms with E-state index in [-0.39, 0.29) is 17.9 Å². The number of benzene rings is 3. The Bertz CT molecular complexity index is 1380. The third kappa shape index (κ3) is 8.25. The Kier molecular flexibility index (Phi) is 9.78. The van der Waals surface area contributed by atoms with Crippen LogP contribution in [0.2, 0.25) is 0 Å². The molecular weight excluding hydrogens is 549 g/mol. The van der Waals surface area contributed by atoms with Crippen LogP contribution in [-0.2, 0) is 26.2 Å². The number of alkyl halides is 3. The Morgan fingerprint density at radius 3 is 2.43 bits per heavy atom. The number of anilines is 1. The molecule has 0 radical (unpaired) electrons. The van der Waals surface area contributed by atoms with Gasteiger partial charge in [-0.25, -0.2) is 4.79 Å². The molecule has 0 bridgehead atoms. The largest absolute Gasteiger partial charge is 0.494 e. The number of carboxylic acid groups (broad SMARTS) is 1. The normalized spacial score (nSPS) is 17.1. The number of ether oxygens (including phenoxy) is 2. The fourth-order valence-electron chi connectivity index (χ4n) is 5.18. The van der Waals surface area contributed by atoms with Gasteiger partial charge >= 0.3 is 12.1 Å². The molecule has 3 aromatic carbocycles. The van der Waals surface area contributed by atoms with Crippen LogP contribution in [0.4, 0.5) is 18.9 Å². The zero-order valence-electron chi connectivity index (χ0n) is 23.8. The predicted molar refractivity (Wildman–Crippen MR) is 154 cm³/mol. The highest BCUT2D eigenvalue weighted by Crippen LogP contribution is 2.40. The maximum Gasteiger partial charge on any atom is 0.411 e. The first-order valence-electron chi connectivity index (χ1n) is 13.7. The van der Waals surface area contributed by atoms with Crippen molar-refractivity contribution >= 4 is 17.4 Å². The average molecular weight is 585 g/mol. The summed E-state index contributed by atoms with van der Waals surface area (Å²) < 4.78 is 47.7. The quantitative estimate of drug-likeness (QED) is 0.184. The maximum atomic E-state index is 12.4. The number of carboxylic acids is 1. The van der Waals surface area contributed by atoms with Crippen LogP contribution < -0.4 is 10.1 Å². The summed E-state index contributed by atoms with van der Waals surface area (Å²) >= 11 is 0. The number of rotatable bonds is 12. The van der Waals surface area contributed by atoms with Gasteiger partial charge in [0.25, 0.3) is 0 Å². The van der Waals surface area contributed by atoms with Crippen LogP contribution in [-0.4, -0.2) is 55.4 Å². The summed E-state index contributed by atoms with van der Waals surface area (Å²) in [6.45, 7) is 3.29. The molecule has 2 atom stereocenters. The molecule has 1 aliphatic rings. The van der Waals surface area contributed by atoms with Crippen LogP contribution in [0.25, 0.3) is 0 Å². The standard InChI is InChI=1S/C32H35F3N2O5/c1-31(2)19-24(36-27-14-11-23(18-26(27)31)29(37-40-3)22-7-5-4-6-8-22)15-16-41-25-12-9-21(10-13-25)17-28(30(38)39)42-20-32(33,34)35/h4-14,18,24,28,36H,15-17,19-20H2,1-3H3,(H,38,39). The van der Waals surface area contributed by atoms with Crippen molar-refractivity contribution in [2.75, 3.05) is 25.6 Å². The molecule has 42 heavy (non-hydrogen) atoms. The lowest BCUT2D eigenvalue weighted by atomic mass is 9.74. The molecule has 1 heterocycles. The highest BCUT2D eigenvalue weighted by atomic mass is 19.4. The summed E-state index contributed by atoms with van der Waals surface area (Å²) in [5, 5.41) is 17.1. The van der Waals surface area contributed by atoms with Crippen LogP contribution in [0.3, 0.4) is 0 Å². The number of halogens is 3. The molecule has 0 saturated heterocycles. The van der Waals surface area contributed by atoms with Crippen molar-refractivity contribution in [3.8, 4) is 5.75 Å². The van der Waals surface area contributed by atoms with E-state index in [0.717, 1.165) is 35.4 Å². The molecular formula is C32H35F3N2O5. The summed E-state index contributed by atoms with van der Waals surface area (Å²) in [5.74, 6) is -0.854. The molecule has 0 spiro atoms. The predicted octanol–water partition coefficient (Wildman–Crippen LogP) is 6.59. The maximum absolute atomic E-state index is 12.4. The van der Waals surface area contributed by atoms with Gasteiger partial charge in [-0.05, 0) is 47.2 Å². The molecule has 4 rings (SSSR count). The van der Waals surface area contributed by atoms with E-state index in [1.165, 1.54) is 5.56 Å². The second-order valence-corrected chi connectivity index (χ2v) is 10.9. The van der Waals surface area contributed by atoms with Crippen LogP contribution in [0.5, 0.6) is 5.75 Å². The van der Waals surface area contributed by atoms with Crippen molar-refractivity contribution in [1.29, 1.82) is 0 Å². The van der Waals surface area contributed by atoms with Crippen LogP contribution in [0.1, 0.15) is 48.9 Å². The van der Waals surface area contributed by atoms with E-state index < -0.39 is 24.9 Å². The van der Waals surface area contributed by atoms with Gasteiger partial charge < -0.3 is 24.7 Å². The van der Waals surface area contributed by atoms with Crippen LogP contribution in [0.15, 0.2) is 78.0 Å². The van der Waals surface area contributed by atoms with Crippen LogP contribution >= 0.6 is 0 Å². The first-order valence-corrected chi connectivity index (χ1v) is 13.7. The van der Waals surface area contributed by atoms with Gasteiger partial charge in [-0.2, -0.15) is 13.2 Å². The average Bonchev–Trinajstić information content (AvgIpc) is 2.94. The lowest BCUT2D eigenvalue weighted by Gasteiger charge is -2.39. The first kappa shape index (κ1) is 30.9. The van der Waals surface area contributed by atoms with E-state index in [0.29, 0.717) is 17.9 Å². The third-order valence-corrected chi connectivity index (χ3v) is 7.17. The van der Waals surface area contributed by atoms with Gasteiger partial charge in [-0.15, -0.1) is 0 Å². The van der Waals surface area contributed by atoms with Crippen molar-refractivity contribution < 1.29 is 37.4 Å². The molecule has 0 saturated carbocycles. The van der Waals surface area contributed by atoms with Gasteiger partial charge in [0.15, 0.2) is 6.10 Å². The molecule has 0 amide bonds. The summed E-state index contributed by atoms with van der Waals surface area (Å²) in [6.07, 6.45) is -4.72. The lowest BCUT2D eigenvalue weighted by Crippen LogP contribution is -2.37. The highest BCUT2D eigenvalue weighted by Gasteiger charge is 2.33. The van der Waals surface area contributed by atoms with Crippen LogP contribution in [0, 0.1) is 0 Å². The Balaban J connectivity index is 1.35. The number of carbonyl (C=O) groups is 1. The van der Waals surface area contributed by atoms with E-state index in [1.54, 1.807) is 31.4 Å². The molecule has 7 nitrogen and oxygen atoms in total. The van der Waals surface area contributed by atoms with E-state index in [9.17, 15) is 23.1 Å². The number of nitrogens with one attached hydrogen (secondary N) is 1. The van der Waals surface area contributed by atoms with Gasteiger partial charge in [0.05, 0.1) is 6.61 Å². The summed E-state index contributed by atoms with van der Waals surface area (Å²) in [4.78, 5) is 16.5. The monoisotopic (exact) mass is 584 g/mol. The molecule has 0 fully saturated rings. The number of aliphatic carboxylic acids is 1. The smallest absolute Gasteiger partial charge is 0.411 e. The number of fused-ring (bicyclic) bond motifs is 1. The van der Waals surface area contributed by atoms with Crippen molar-refractivity contribution in [2.24, 2.45) is 5.16 Å². The molecule has 10 heteroatoms. The number of hydrogen-bond acceptors (Lipinski definition) is 6. The minimum absolute atomic E-state index is 0.105. The van der Waals surface area contributed by atoms with Crippen molar-refractivity contribution in [3.63, 3.8) is 0 Å². The zero-order valence-corrected chi connectivity index (χ0v) is 23.8. The molecule has 3 aromatic rings. The topological polar surface area (TPSA) is 89.4 Å². The van der Waals surface area contributed by atoms with E-state index in [2.05, 4.69) is 41.2 Å². The summed E-state index contributed by atoms with van der Waals surface area (Å²) in [6, 6.07) is 23.0. The molecule has 0 aromatic heterocycles. The Labute approximate surface area is 243 Å². The second-order valence-electron chi connectivity index (χ2n) is 10.9. The van der Waals surface area contributed by atoms with Gasteiger partial charge in [0.1, 0.15) is 25.2 Å². The fraction of sp³-hybridized carbons (Fsp3) is 0.375. The minimum atomic E-state index is -4.59. The van der Waals surface area contributed by atoms with Crippen molar-refractivity contribution in [3.05, 3.63) is 95.1 Å². The fourth-order valence-corrected chi connectivity index (χ4v) is 5.18. The Morgan fingerprint density at radius 1 is 1.07 bits per heavy atom. The van der Waals surface area contributed by atoms with E-state index in [1.807, 2.05) is 36.4 Å². The van der Waals surface area contributed by atoms with Gasteiger partial charge in [-0.3, -0.25) is 0 Å². The molecule has 2 unspecified atom stereocenters. The van der Waals surface area contributed by atoms with Gasteiger partial charge in [0, 0.05) is 35.7 Å². The Morgan fingerprint density at radius 2 is 1.79 bits per heavy atom. The molecule has 0 aliphatic carbocycles. The Hall–Kier alpha value is -4.05. The second kappa shape index (κ2) is 13.3. The SMILES string of the molecule is CON=C(c1ccccc1)c1ccc2c(c1)C(C)(C)CC(CCOc1ccc(CC(OCC(F)(F)F)C(=O)O)cc1)N2. The zero-order chi connectivity index (χ0) is 30.3.